The third kappa shape index (κ3) is 1.47. The van der Waals surface area contributed by atoms with Crippen molar-refractivity contribution in [2.24, 2.45) is 0 Å². The standard InChI is InChI=1S/C10H18N2O2/c1-9(2,3)14-8(13)12-5-4-10(12)6-11-7-10/h11H,4-7H2,1-3H3. The van der Waals surface area contributed by atoms with E-state index in [0.717, 1.165) is 26.1 Å². The van der Waals surface area contributed by atoms with Gasteiger partial charge in [-0.2, -0.15) is 0 Å². The minimum Gasteiger partial charge on any atom is -0.444 e. The lowest BCUT2D eigenvalue weighted by Crippen LogP contribution is -2.77. The summed E-state index contributed by atoms with van der Waals surface area (Å²) in [4.78, 5) is 13.6. The molecule has 0 unspecified atom stereocenters. The smallest absolute Gasteiger partial charge is 0.410 e. The maximum Gasteiger partial charge on any atom is 0.410 e. The van der Waals surface area contributed by atoms with Crippen LogP contribution in [0, 0.1) is 0 Å². The van der Waals surface area contributed by atoms with E-state index in [2.05, 4.69) is 5.32 Å². The second kappa shape index (κ2) is 2.86. The highest BCUT2D eigenvalue weighted by Gasteiger charge is 2.52. The van der Waals surface area contributed by atoms with Gasteiger partial charge in [0.05, 0.1) is 5.54 Å². The molecular weight excluding hydrogens is 180 g/mol. The summed E-state index contributed by atoms with van der Waals surface area (Å²) in [6.07, 6.45) is 0.949. The van der Waals surface area contributed by atoms with Gasteiger partial charge in [-0.05, 0) is 27.2 Å². The van der Waals surface area contributed by atoms with Crippen LogP contribution in [0.4, 0.5) is 4.79 Å². The number of ether oxygens (including phenoxy) is 1. The average molecular weight is 198 g/mol. The summed E-state index contributed by atoms with van der Waals surface area (Å²) in [6.45, 7) is 8.39. The zero-order valence-corrected chi connectivity index (χ0v) is 9.09. The molecule has 0 atom stereocenters. The largest absolute Gasteiger partial charge is 0.444 e. The minimum absolute atomic E-state index is 0.0995. The molecule has 2 heterocycles. The second-order valence-electron chi connectivity index (χ2n) is 5.21. The Kier molecular flexibility index (Phi) is 2.00. The summed E-state index contributed by atoms with van der Waals surface area (Å²) in [5.41, 5.74) is -0.284. The molecule has 0 aromatic heterocycles. The summed E-state index contributed by atoms with van der Waals surface area (Å²) < 4.78 is 5.33. The number of hydrogen-bond donors (Lipinski definition) is 1. The Morgan fingerprint density at radius 3 is 2.36 bits per heavy atom. The second-order valence-corrected chi connectivity index (χ2v) is 5.21. The number of hydrogen-bond acceptors (Lipinski definition) is 3. The van der Waals surface area contributed by atoms with E-state index in [0.29, 0.717) is 0 Å². The van der Waals surface area contributed by atoms with Gasteiger partial charge in [0.2, 0.25) is 0 Å². The molecule has 2 rings (SSSR count). The van der Waals surface area contributed by atoms with Crippen molar-refractivity contribution < 1.29 is 9.53 Å². The lowest BCUT2D eigenvalue weighted by Gasteiger charge is -2.58. The summed E-state index contributed by atoms with van der Waals surface area (Å²) in [5.74, 6) is 0. The van der Waals surface area contributed by atoms with Gasteiger partial charge in [0.1, 0.15) is 5.60 Å². The monoisotopic (exact) mass is 198 g/mol. The molecule has 0 aromatic carbocycles. The Labute approximate surface area is 84.6 Å². The van der Waals surface area contributed by atoms with Crippen LogP contribution in [-0.2, 0) is 4.74 Å². The fourth-order valence-corrected chi connectivity index (χ4v) is 1.92. The van der Waals surface area contributed by atoms with Crippen molar-refractivity contribution >= 4 is 6.09 Å². The van der Waals surface area contributed by atoms with Crippen molar-refractivity contribution in [1.29, 1.82) is 0 Å². The number of amides is 1. The van der Waals surface area contributed by atoms with E-state index < -0.39 is 0 Å². The van der Waals surface area contributed by atoms with Crippen LogP contribution in [0.2, 0.25) is 0 Å². The van der Waals surface area contributed by atoms with Crippen LogP contribution in [0.5, 0.6) is 0 Å². The number of nitrogens with one attached hydrogen (secondary N) is 1. The van der Waals surface area contributed by atoms with Crippen LogP contribution in [0.15, 0.2) is 0 Å². The van der Waals surface area contributed by atoms with Crippen LogP contribution < -0.4 is 5.32 Å². The maximum absolute atomic E-state index is 11.7. The van der Waals surface area contributed by atoms with Gasteiger partial charge in [-0.25, -0.2) is 4.79 Å². The van der Waals surface area contributed by atoms with Gasteiger partial charge in [-0.3, -0.25) is 4.90 Å². The fraction of sp³-hybridized carbons (Fsp3) is 0.900. The first-order valence-electron chi connectivity index (χ1n) is 5.14. The van der Waals surface area contributed by atoms with Crippen LogP contribution in [0.1, 0.15) is 27.2 Å². The Morgan fingerprint density at radius 1 is 1.43 bits per heavy atom. The summed E-state index contributed by atoms with van der Waals surface area (Å²) in [7, 11) is 0. The van der Waals surface area contributed by atoms with Crippen LogP contribution in [0.3, 0.4) is 0 Å². The van der Waals surface area contributed by atoms with Crippen molar-refractivity contribution in [3.05, 3.63) is 0 Å². The first-order valence-corrected chi connectivity index (χ1v) is 5.14. The van der Waals surface area contributed by atoms with Crippen molar-refractivity contribution in [3.63, 3.8) is 0 Å². The molecule has 2 fully saturated rings. The predicted molar refractivity (Wildman–Crippen MR) is 53.2 cm³/mol. The van der Waals surface area contributed by atoms with Gasteiger partial charge < -0.3 is 10.1 Å². The molecule has 0 aliphatic carbocycles. The number of rotatable bonds is 0. The highest BCUT2D eigenvalue weighted by atomic mass is 16.6. The Bertz CT molecular complexity index is 248. The van der Waals surface area contributed by atoms with E-state index >= 15 is 0 Å². The summed E-state index contributed by atoms with van der Waals surface area (Å²) >= 11 is 0. The predicted octanol–water partition coefficient (Wildman–Crippen LogP) is 0.969. The van der Waals surface area contributed by atoms with Gasteiger partial charge >= 0.3 is 6.09 Å². The molecule has 2 saturated heterocycles. The zero-order chi connectivity index (χ0) is 10.4. The topological polar surface area (TPSA) is 41.6 Å². The molecule has 2 aliphatic rings. The quantitative estimate of drug-likeness (QED) is 0.630. The van der Waals surface area contributed by atoms with Crippen LogP contribution in [-0.4, -0.2) is 41.8 Å². The van der Waals surface area contributed by atoms with E-state index in [-0.39, 0.29) is 17.2 Å². The van der Waals surface area contributed by atoms with Crippen molar-refractivity contribution in [1.82, 2.24) is 10.2 Å². The van der Waals surface area contributed by atoms with Crippen molar-refractivity contribution in [3.8, 4) is 0 Å². The summed E-state index contributed by atoms with van der Waals surface area (Å²) in [5, 5.41) is 3.20. The molecule has 4 heteroatoms. The Balaban J connectivity index is 1.93. The first-order chi connectivity index (χ1) is 6.43. The number of carbonyl (C=O) groups is 1. The fourth-order valence-electron chi connectivity index (χ4n) is 1.92. The summed E-state index contributed by atoms with van der Waals surface area (Å²) in [6, 6.07) is 0. The minimum atomic E-state index is -0.384. The van der Waals surface area contributed by atoms with Gasteiger partial charge in [0, 0.05) is 19.6 Å². The number of nitrogens with zero attached hydrogens (tertiary/aromatic N) is 1. The number of likely N-dealkylation sites (tertiary alicyclic amines) is 1. The molecule has 14 heavy (non-hydrogen) atoms. The molecular formula is C10H18N2O2. The lowest BCUT2D eigenvalue weighted by molar-refractivity contribution is -0.0661. The molecule has 4 nitrogen and oxygen atoms in total. The normalized spacial score (nSPS) is 24.1. The molecule has 2 aliphatic heterocycles. The van der Waals surface area contributed by atoms with E-state index in [4.69, 9.17) is 4.74 Å². The average Bonchev–Trinajstić information content (AvgIpc) is 1.73. The third-order valence-corrected chi connectivity index (χ3v) is 2.90. The van der Waals surface area contributed by atoms with Gasteiger partial charge in [-0.1, -0.05) is 0 Å². The number of carbonyl (C=O) groups excluding carboxylic acids is 1. The lowest BCUT2D eigenvalue weighted by atomic mass is 9.80. The molecule has 0 radical (unpaired) electrons. The molecule has 0 aromatic rings. The van der Waals surface area contributed by atoms with E-state index in [1.165, 1.54) is 0 Å². The highest BCUT2D eigenvalue weighted by Crippen LogP contribution is 2.35. The van der Waals surface area contributed by atoms with Gasteiger partial charge in [-0.15, -0.1) is 0 Å². The van der Waals surface area contributed by atoms with Gasteiger partial charge in [0.15, 0.2) is 0 Å². The van der Waals surface area contributed by atoms with Crippen molar-refractivity contribution in [2.45, 2.75) is 38.3 Å². The van der Waals surface area contributed by atoms with E-state index in [1.807, 2.05) is 25.7 Å². The zero-order valence-electron chi connectivity index (χ0n) is 9.09. The molecule has 1 N–H and O–H groups in total. The van der Waals surface area contributed by atoms with Crippen molar-refractivity contribution in [2.75, 3.05) is 19.6 Å². The maximum atomic E-state index is 11.7. The molecule has 1 spiro atoms. The highest BCUT2D eigenvalue weighted by molar-refractivity contribution is 5.71. The van der Waals surface area contributed by atoms with Crippen LogP contribution >= 0.6 is 0 Å². The molecule has 0 bridgehead atoms. The molecule has 1 amide bonds. The first kappa shape index (κ1) is 9.77. The van der Waals surface area contributed by atoms with Crippen LogP contribution in [0.25, 0.3) is 0 Å². The molecule has 0 saturated carbocycles. The molecule has 80 valence electrons. The Morgan fingerprint density at radius 2 is 2.07 bits per heavy atom. The van der Waals surface area contributed by atoms with E-state index in [1.54, 1.807) is 0 Å². The SMILES string of the molecule is CC(C)(C)OC(=O)N1CCC12CNC2. The Hall–Kier alpha value is -0.770. The van der Waals surface area contributed by atoms with E-state index in [9.17, 15) is 4.79 Å². The van der Waals surface area contributed by atoms with Gasteiger partial charge in [0.25, 0.3) is 0 Å². The third-order valence-electron chi connectivity index (χ3n) is 2.90.